The van der Waals surface area contributed by atoms with Gasteiger partial charge in [0, 0.05) is 5.41 Å². The predicted octanol–water partition coefficient (Wildman–Crippen LogP) is 6.38. The predicted molar refractivity (Wildman–Crippen MR) is 118 cm³/mol. The summed E-state index contributed by atoms with van der Waals surface area (Å²) in [6.07, 6.45) is 14.8. The van der Waals surface area contributed by atoms with Gasteiger partial charge >= 0.3 is 0 Å². The molecule has 0 spiro atoms. The summed E-state index contributed by atoms with van der Waals surface area (Å²) in [6, 6.07) is 0. The summed E-state index contributed by atoms with van der Waals surface area (Å²) in [4.78, 5) is 0. The molecule has 1 saturated heterocycles. The van der Waals surface area contributed by atoms with E-state index in [9.17, 15) is 5.11 Å². The largest absolute Gasteiger partial charge is 0.390 e. The van der Waals surface area contributed by atoms with E-state index in [0.29, 0.717) is 11.5 Å². The van der Waals surface area contributed by atoms with Crippen LogP contribution < -0.4 is 0 Å². The number of ether oxygens (including phenoxy) is 1. The van der Waals surface area contributed by atoms with E-state index < -0.39 is 0 Å². The Hall–Kier alpha value is -0.340. The van der Waals surface area contributed by atoms with Gasteiger partial charge in [-0.25, -0.2) is 0 Å². The minimum atomic E-state index is -0.257. The van der Waals surface area contributed by atoms with Gasteiger partial charge in [0.25, 0.3) is 0 Å². The fourth-order valence-electron chi connectivity index (χ4n) is 9.06. The maximum Gasteiger partial charge on any atom is 0.111 e. The van der Waals surface area contributed by atoms with Gasteiger partial charge in [-0.15, -0.1) is 0 Å². The summed E-state index contributed by atoms with van der Waals surface area (Å²) in [5.41, 5.74) is 2.29. The van der Waals surface area contributed by atoms with Crippen LogP contribution in [0.4, 0.5) is 0 Å². The number of hydrogen-bond acceptors (Lipinski definition) is 2. The quantitative estimate of drug-likeness (QED) is 0.429. The minimum Gasteiger partial charge on any atom is -0.390 e. The second-order valence-corrected chi connectivity index (χ2v) is 12.4. The molecule has 1 heterocycles. The van der Waals surface area contributed by atoms with Crippen LogP contribution in [0.1, 0.15) is 92.4 Å². The van der Waals surface area contributed by atoms with Crippen molar-refractivity contribution in [2.75, 3.05) is 0 Å². The van der Waals surface area contributed by atoms with Crippen molar-refractivity contribution in [1.82, 2.24) is 0 Å². The van der Waals surface area contributed by atoms with Crippen LogP contribution in [0, 0.1) is 46.3 Å². The van der Waals surface area contributed by atoms with Gasteiger partial charge in [-0.05, 0) is 79.4 Å². The third-order valence-electron chi connectivity index (χ3n) is 10.7. The van der Waals surface area contributed by atoms with Crippen LogP contribution in [0.15, 0.2) is 11.6 Å². The zero-order valence-corrected chi connectivity index (χ0v) is 19.5. The molecule has 0 aromatic rings. The number of aliphatic hydroxyl groups excluding tert-OH is 1. The molecule has 164 valence electrons. The van der Waals surface area contributed by atoms with Crippen molar-refractivity contribution in [1.29, 1.82) is 0 Å². The fraction of sp³-hybridized carbons (Fsp3) is 0.926. The Kier molecular flexibility index (Phi) is 5.03. The smallest absolute Gasteiger partial charge is 0.111 e. The average molecular weight is 401 g/mol. The maximum absolute atomic E-state index is 10.4. The first-order valence-corrected chi connectivity index (χ1v) is 12.8. The van der Waals surface area contributed by atoms with Crippen LogP contribution in [0.2, 0.25) is 0 Å². The first kappa shape index (κ1) is 20.6. The minimum absolute atomic E-state index is 0.126. The molecular formula is C27H44O2. The standard InChI is InChI=1S/C27H44O2/c1-16(2)7-6-8-17(3)20-11-12-21-19-10-9-18-15-23(28)24-25(29-24)27(18,5)22(19)13-14-26(20,21)4/h9,16-17,19-25,28H,6-8,10-15H2,1-5H3/t17-,19+,20-,21+,22+,23+,24?,25?,26-,27+/m1/s1. The van der Waals surface area contributed by atoms with Crippen LogP contribution in [-0.2, 0) is 4.74 Å². The van der Waals surface area contributed by atoms with Crippen LogP contribution >= 0.6 is 0 Å². The Morgan fingerprint density at radius 2 is 1.90 bits per heavy atom. The molecule has 29 heavy (non-hydrogen) atoms. The lowest BCUT2D eigenvalue weighted by atomic mass is 9.47. The van der Waals surface area contributed by atoms with E-state index in [0.717, 1.165) is 41.9 Å². The molecule has 4 aliphatic carbocycles. The third kappa shape index (κ3) is 3.02. The second kappa shape index (κ2) is 7.09. The lowest BCUT2D eigenvalue weighted by Gasteiger charge is -2.57. The van der Waals surface area contributed by atoms with Crippen molar-refractivity contribution in [2.24, 2.45) is 46.3 Å². The van der Waals surface area contributed by atoms with Crippen molar-refractivity contribution in [2.45, 2.75) is 111 Å². The molecule has 5 rings (SSSR count). The number of epoxide rings is 1. The molecule has 0 aromatic heterocycles. The number of hydrogen-bond donors (Lipinski definition) is 1. The van der Waals surface area contributed by atoms with E-state index in [4.69, 9.17) is 4.74 Å². The highest BCUT2D eigenvalue weighted by Gasteiger charge is 2.67. The van der Waals surface area contributed by atoms with Gasteiger partial charge in [0.2, 0.25) is 0 Å². The first-order chi connectivity index (χ1) is 13.8. The molecule has 1 N–H and O–H groups in total. The Bertz CT molecular complexity index is 667. The normalized spacial score (nSPS) is 51.6. The van der Waals surface area contributed by atoms with Gasteiger partial charge in [-0.2, -0.15) is 0 Å². The molecule has 2 nitrogen and oxygen atoms in total. The van der Waals surface area contributed by atoms with E-state index in [1.165, 1.54) is 56.9 Å². The molecule has 1 aliphatic heterocycles. The number of fused-ring (bicyclic) bond motifs is 7. The van der Waals surface area contributed by atoms with Gasteiger partial charge in [0.1, 0.15) is 6.10 Å². The molecule has 0 radical (unpaired) electrons. The van der Waals surface area contributed by atoms with Gasteiger partial charge in [-0.1, -0.05) is 65.5 Å². The molecule has 5 aliphatic rings. The maximum atomic E-state index is 10.4. The number of rotatable bonds is 5. The summed E-state index contributed by atoms with van der Waals surface area (Å²) in [6.45, 7) is 12.5. The summed E-state index contributed by atoms with van der Waals surface area (Å²) in [5.74, 6) is 5.17. The van der Waals surface area contributed by atoms with Crippen molar-refractivity contribution >= 4 is 0 Å². The molecule has 0 amide bonds. The van der Waals surface area contributed by atoms with Crippen LogP contribution in [-0.4, -0.2) is 23.4 Å². The van der Waals surface area contributed by atoms with Crippen LogP contribution in [0.25, 0.3) is 0 Å². The molecule has 2 heteroatoms. The number of allylic oxidation sites excluding steroid dienone is 1. The van der Waals surface area contributed by atoms with E-state index >= 15 is 0 Å². The molecular weight excluding hydrogens is 356 g/mol. The topological polar surface area (TPSA) is 32.8 Å². The van der Waals surface area contributed by atoms with Crippen molar-refractivity contribution in [3.8, 4) is 0 Å². The average Bonchev–Trinajstić information content (AvgIpc) is 3.40. The van der Waals surface area contributed by atoms with Crippen molar-refractivity contribution < 1.29 is 9.84 Å². The van der Waals surface area contributed by atoms with E-state index in [1.807, 2.05) is 0 Å². The zero-order chi connectivity index (χ0) is 20.6. The lowest BCUT2D eigenvalue weighted by molar-refractivity contribution is -0.0545. The van der Waals surface area contributed by atoms with Crippen molar-refractivity contribution in [3.05, 3.63) is 11.6 Å². The molecule has 3 saturated carbocycles. The Morgan fingerprint density at radius 1 is 1.10 bits per heavy atom. The monoisotopic (exact) mass is 400 g/mol. The molecule has 0 bridgehead atoms. The Labute approximate surface area is 178 Å². The second-order valence-electron chi connectivity index (χ2n) is 12.4. The van der Waals surface area contributed by atoms with Gasteiger partial charge in [-0.3, -0.25) is 0 Å². The third-order valence-corrected chi connectivity index (χ3v) is 10.7. The van der Waals surface area contributed by atoms with Crippen LogP contribution in [0.5, 0.6) is 0 Å². The zero-order valence-electron chi connectivity index (χ0n) is 19.5. The van der Waals surface area contributed by atoms with Crippen LogP contribution in [0.3, 0.4) is 0 Å². The summed E-state index contributed by atoms with van der Waals surface area (Å²) in [5, 5.41) is 10.4. The van der Waals surface area contributed by atoms with Gasteiger partial charge in [0.15, 0.2) is 0 Å². The highest BCUT2D eigenvalue weighted by molar-refractivity contribution is 5.32. The van der Waals surface area contributed by atoms with E-state index in [-0.39, 0.29) is 17.6 Å². The van der Waals surface area contributed by atoms with Crippen molar-refractivity contribution in [3.63, 3.8) is 0 Å². The lowest BCUT2D eigenvalue weighted by Crippen LogP contribution is -2.53. The highest BCUT2D eigenvalue weighted by atomic mass is 16.6. The molecule has 4 fully saturated rings. The molecule has 2 unspecified atom stereocenters. The summed E-state index contributed by atoms with van der Waals surface area (Å²) < 4.78 is 6.08. The van der Waals surface area contributed by atoms with E-state index in [1.54, 1.807) is 0 Å². The van der Waals surface area contributed by atoms with Gasteiger partial charge < -0.3 is 9.84 Å². The highest BCUT2D eigenvalue weighted by Crippen LogP contribution is 2.69. The number of aliphatic hydroxyl groups is 1. The van der Waals surface area contributed by atoms with Gasteiger partial charge in [0.05, 0.1) is 12.2 Å². The molecule has 10 atom stereocenters. The Balaban J connectivity index is 1.34. The SMILES string of the molecule is CC(C)CCC[C@@H](C)[C@H]1CC[C@H]2[C@@H]3CC=C4C[C@H](O)C5OC5[C@]4(C)[C@H]3CC[C@]12C. The van der Waals surface area contributed by atoms with E-state index in [2.05, 4.69) is 40.7 Å². The summed E-state index contributed by atoms with van der Waals surface area (Å²) >= 11 is 0. The Morgan fingerprint density at radius 3 is 2.66 bits per heavy atom. The first-order valence-electron chi connectivity index (χ1n) is 12.8. The molecule has 0 aromatic carbocycles. The summed E-state index contributed by atoms with van der Waals surface area (Å²) in [7, 11) is 0. The fourth-order valence-corrected chi connectivity index (χ4v) is 9.06.